The fourth-order valence-electron chi connectivity index (χ4n) is 2.64. The average molecular weight is 255 g/mol. The minimum absolute atomic E-state index is 0.124. The average Bonchev–Trinajstić information content (AvgIpc) is 2.26. The van der Waals surface area contributed by atoms with Gasteiger partial charge in [-0.3, -0.25) is 4.79 Å². The van der Waals surface area contributed by atoms with Crippen LogP contribution in [0.1, 0.15) is 39.5 Å². The first-order chi connectivity index (χ1) is 8.39. The van der Waals surface area contributed by atoms with Crippen LogP contribution in [0.5, 0.6) is 0 Å². The first-order valence-electron chi connectivity index (χ1n) is 7.04. The second-order valence-corrected chi connectivity index (χ2v) is 6.53. The quantitative estimate of drug-likeness (QED) is 0.750. The van der Waals surface area contributed by atoms with Crippen molar-refractivity contribution in [2.45, 2.75) is 45.6 Å². The Hall–Kier alpha value is -0.610. The topological polar surface area (TPSA) is 44.4 Å². The van der Waals surface area contributed by atoms with Gasteiger partial charge in [0.2, 0.25) is 5.91 Å². The number of hydrogen-bond acceptors (Lipinski definition) is 3. The molecule has 4 nitrogen and oxygen atoms in total. The zero-order valence-electron chi connectivity index (χ0n) is 12.4. The summed E-state index contributed by atoms with van der Waals surface area (Å²) in [6, 6.07) is 0.385. The maximum Gasteiger partial charge on any atom is 0.221 e. The molecule has 0 aliphatic carbocycles. The van der Waals surface area contributed by atoms with Gasteiger partial charge in [0, 0.05) is 25.6 Å². The van der Waals surface area contributed by atoms with Crippen LogP contribution < -0.4 is 10.6 Å². The Morgan fingerprint density at radius 1 is 1.39 bits per heavy atom. The summed E-state index contributed by atoms with van der Waals surface area (Å²) in [5.74, 6) is 0.182. The Kier molecular flexibility index (Phi) is 6.09. The Morgan fingerprint density at radius 2 is 2.11 bits per heavy atom. The number of piperidine rings is 1. The van der Waals surface area contributed by atoms with E-state index in [-0.39, 0.29) is 11.3 Å². The van der Waals surface area contributed by atoms with E-state index in [0.717, 1.165) is 26.1 Å². The van der Waals surface area contributed by atoms with Gasteiger partial charge in [-0.05, 0) is 38.9 Å². The molecule has 4 heteroatoms. The van der Waals surface area contributed by atoms with Gasteiger partial charge in [-0.15, -0.1) is 0 Å². The van der Waals surface area contributed by atoms with E-state index >= 15 is 0 Å². The molecule has 1 aliphatic rings. The fourth-order valence-corrected chi connectivity index (χ4v) is 2.64. The highest BCUT2D eigenvalue weighted by atomic mass is 16.1. The number of rotatable bonds is 6. The van der Waals surface area contributed by atoms with Crippen molar-refractivity contribution < 1.29 is 4.79 Å². The third kappa shape index (κ3) is 6.36. The van der Waals surface area contributed by atoms with E-state index in [1.54, 1.807) is 0 Å². The first-order valence-corrected chi connectivity index (χ1v) is 7.04. The molecular weight excluding hydrogens is 226 g/mol. The predicted molar refractivity (Wildman–Crippen MR) is 75.6 cm³/mol. The van der Waals surface area contributed by atoms with Crippen LogP contribution >= 0.6 is 0 Å². The molecule has 1 heterocycles. The molecular formula is C14H29N3O. The molecule has 0 aromatic rings. The number of amides is 1. The molecule has 0 spiro atoms. The van der Waals surface area contributed by atoms with Crippen molar-refractivity contribution in [1.29, 1.82) is 0 Å². The SMILES string of the molecule is CN(C)CC(C)(C)CNC(=O)CC1CCCCN1. The van der Waals surface area contributed by atoms with Gasteiger partial charge in [0.1, 0.15) is 0 Å². The van der Waals surface area contributed by atoms with Crippen LogP contribution in [-0.2, 0) is 4.79 Å². The zero-order valence-corrected chi connectivity index (χ0v) is 12.4. The van der Waals surface area contributed by atoms with Crippen molar-refractivity contribution in [1.82, 2.24) is 15.5 Å². The van der Waals surface area contributed by atoms with Crippen molar-refractivity contribution in [2.75, 3.05) is 33.7 Å². The van der Waals surface area contributed by atoms with Gasteiger partial charge in [-0.1, -0.05) is 20.3 Å². The second-order valence-electron chi connectivity index (χ2n) is 6.53. The van der Waals surface area contributed by atoms with Crippen LogP contribution in [0.3, 0.4) is 0 Å². The molecule has 0 bridgehead atoms. The Bertz CT molecular complexity index is 258. The molecule has 1 fully saturated rings. The van der Waals surface area contributed by atoms with Crippen molar-refractivity contribution in [3.05, 3.63) is 0 Å². The minimum atomic E-state index is 0.124. The monoisotopic (exact) mass is 255 g/mol. The molecule has 2 N–H and O–H groups in total. The third-order valence-corrected chi connectivity index (χ3v) is 3.35. The molecule has 1 aliphatic heterocycles. The molecule has 1 amide bonds. The van der Waals surface area contributed by atoms with Gasteiger partial charge in [-0.25, -0.2) is 0 Å². The lowest BCUT2D eigenvalue weighted by Crippen LogP contribution is -2.43. The Morgan fingerprint density at radius 3 is 2.67 bits per heavy atom. The molecule has 1 rings (SSSR count). The smallest absolute Gasteiger partial charge is 0.221 e. The third-order valence-electron chi connectivity index (χ3n) is 3.35. The summed E-state index contributed by atoms with van der Waals surface area (Å²) in [4.78, 5) is 14.0. The van der Waals surface area contributed by atoms with Crippen molar-refractivity contribution in [2.24, 2.45) is 5.41 Å². The summed E-state index contributed by atoms with van der Waals surface area (Å²) in [5, 5.41) is 6.48. The predicted octanol–water partition coefficient (Wildman–Crippen LogP) is 1.22. The molecule has 0 aromatic heterocycles. The lowest BCUT2D eigenvalue weighted by molar-refractivity contribution is -0.122. The highest BCUT2D eigenvalue weighted by Gasteiger charge is 2.21. The highest BCUT2D eigenvalue weighted by Crippen LogP contribution is 2.15. The van der Waals surface area contributed by atoms with Crippen LogP contribution in [-0.4, -0.2) is 50.6 Å². The van der Waals surface area contributed by atoms with Crippen molar-refractivity contribution in [3.63, 3.8) is 0 Å². The highest BCUT2D eigenvalue weighted by molar-refractivity contribution is 5.76. The minimum Gasteiger partial charge on any atom is -0.355 e. The number of carbonyl (C=O) groups is 1. The maximum atomic E-state index is 11.9. The Labute approximate surface area is 111 Å². The van der Waals surface area contributed by atoms with E-state index in [1.807, 2.05) is 0 Å². The first kappa shape index (κ1) is 15.4. The van der Waals surface area contributed by atoms with Crippen LogP contribution in [0.4, 0.5) is 0 Å². The van der Waals surface area contributed by atoms with Gasteiger partial charge in [0.25, 0.3) is 0 Å². The summed E-state index contributed by atoms with van der Waals surface area (Å²) in [7, 11) is 4.13. The van der Waals surface area contributed by atoms with Gasteiger partial charge in [-0.2, -0.15) is 0 Å². The second kappa shape index (κ2) is 7.10. The summed E-state index contributed by atoms with van der Waals surface area (Å²) < 4.78 is 0. The molecule has 0 aromatic carbocycles. The van der Waals surface area contributed by atoms with Crippen molar-refractivity contribution in [3.8, 4) is 0 Å². The number of nitrogens with one attached hydrogen (secondary N) is 2. The normalized spacial score (nSPS) is 21.1. The molecule has 1 saturated heterocycles. The molecule has 1 unspecified atom stereocenters. The van der Waals surface area contributed by atoms with Crippen LogP contribution in [0.15, 0.2) is 0 Å². The molecule has 0 saturated carbocycles. The Balaban J connectivity index is 2.23. The summed E-state index contributed by atoms with van der Waals surface area (Å²) in [6.07, 6.45) is 4.25. The number of carbonyl (C=O) groups excluding carboxylic acids is 1. The van der Waals surface area contributed by atoms with Gasteiger partial charge < -0.3 is 15.5 Å². The van der Waals surface area contributed by atoms with Crippen LogP contribution in [0, 0.1) is 5.41 Å². The summed E-state index contributed by atoms with van der Waals surface area (Å²) in [5.41, 5.74) is 0.124. The van der Waals surface area contributed by atoms with Gasteiger partial charge in [0.05, 0.1) is 0 Å². The largest absolute Gasteiger partial charge is 0.355 e. The summed E-state index contributed by atoms with van der Waals surface area (Å²) >= 11 is 0. The lowest BCUT2D eigenvalue weighted by Gasteiger charge is -2.29. The van der Waals surface area contributed by atoms with E-state index in [2.05, 4.69) is 43.5 Å². The van der Waals surface area contributed by atoms with Gasteiger partial charge >= 0.3 is 0 Å². The molecule has 106 valence electrons. The van der Waals surface area contributed by atoms with E-state index < -0.39 is 0 Å². The van der Waals surface area contributed by atoms with E-state index in [4.69, 9.17) is 0 Å². The van der Waals surface area contributed by atoms with Crippen LogP contribution in [0.25, 0.3) is 0 Å². The molecule has 0 radical (unpaired) electrons. The van der Waals surface area contributed by atoms with E-state index in [0.29, 0.717) is 12.5 Å². The fraction of sp³-hybridized carbons (Fsp3) is 0.929. The standard InChI is InChI=1S/C14H29N3O/c1-14(2,11-17(3)4)10-16-13(18)9-12-7-5-6-8-15-12/h12,15H,5-11H2,1-4H3,(H,16,18). The number of hydrogen-bond donors (Lipinski definition) is 2. The number of nitrogens with zero attached hydrogens (tertiary/aromatic N) is 1. The van der Waals surface area contributed by atoms with Crippen LogP contribution in [0.2, 0.25) is 0 Å². The van der Waals surface area contributed by atoms with E-state index in [1.165, 1.54) is 12.8 Å². The molecule has 18 heavy (non-hydrogen) atoms. The molecule has 1 atom stereocenters. The van der Waals surface area contributed by atoms with Gasteiger partial charge in [0.15, 0.2) is 0 Å². The zero-order chi connectivity index (χ0) is 13.6. The maximum absolute atomic E-state index is 11.9. The van der Waals surface area contributed by atoms with E-state index in [9.17, 15) is 4.79 Å². The van der Waals surface area contributed by atoms with Crippen molar-refractivity contribution >= 4 is 5.91 Å². The lowest BCUT2D eigenvalue weighted by atomic mass is 9.92. The summed E-state index contributed by atoms with van der Waals surface area (Å²) in [6.45, 7) is 7.16.